The molecule has 0 unspecified atom stereocenters. The van der Waals surface area contributed by atoms with Crippen molar-refractivity contribution in [3.63, 3.8) is 0 Å². The fraction of sp³-hybridized carbons (Fsp3) is 0.235. The molecule has 6 nitrogen and oxygen atoms in total. The molecule has 0 bridgehead atoms. The van der Waals surface area contributed by atoms with Crippen LogP contribution in [0.5, 0.6) is 0 Å². The Bertz CT molecular complexity index is 824. The first-order valence-corrected chi connectivity index (χ1v) is 8.87. The number of aromatic nitrogens is 3. The van der Waals surface area contributed by atoms with Gasteiger partial charge in [0.2, 0.25) is 0 Å². The minimum atomic E-state index is 0.644. The summed E-state index contributed by atoms with van der Waals surface area (Å²) < 4.78 is 5.73. The van der Waals surface area contributed by atoms with E-state index in [2.05, 4.69) is 25.2 Å². The molecule has 8 heteroatoms. The van der Waals surface area contributed by atoms with Gasteiger partial charge in [-0.2, -0.15) is 0 Å². The van der Waals surface area contributed by atoms with Gasteiger partial charge in [0.1, 0.15) is 26.7 Å². The third kappa shape index (κ3) is 4.66. The summed E-state index contributed by atoms with van der Waals surface area (Å²) in [6, 6.07) is 9.65. The molecular weight excluding hydrogens is 358 g/mol. The van der Waals surface area contributed by atoms with Crippen molar-refractivity contribution in [2.75, 3.05) is 37.5 Å². The van der Waals surface area contributed by atoms with Crippen LogP contribution in [0.4, 0.5) is 17.3 Å². The Kier molecular flexibility index (Phi) is 5.80. The maximum atomic E-state index is 5.94. The van der Waals surface area contributed by atoms with E-state index >= 15 is 0 Å². The van der Waals surface area contributed by atoms with E-state index in [9.17, 15) is 0 Å². The molecule has 25 heavy (non-hydrogen) atoms. The third-order valence-electron chi connectivity index (χ3n) is 3.52. The SMILES string of the molecule is COCCN(C)c1ccc(Nc2cccc(-c3ncc(Cl)s3)n2)nc1. The number of likely N-dealkylation sites (N-methyl/N-ethyl adjacent to an activating group) is 1. The lowest BCUT2D eigenvalue weighted by atomic mass is 10.3. The summed E-state index contributed by atoms with van der Waals surface area (Å²) in [6.45, 7) is 1.49. The molecule has 3 heterocycles. The number of thiazole rings is 1. The van der Waals surface area contributed by atoms with Gasteiger partial charge in [-0.05, 0) is 24.3 Å². The predicted molar refractivity (Wildman–Crippen MR) is 103 cm³/mol. The van der Waals surface area contributed by atoms with Gasteiger partial charge in [-0.25, -0.2) is 15.0 Å². The zero-order valence-electron chi connectivity index (χ0n) is 13.9. The number of nitrogens with zero attached hydrogens (tertiary/aromatic N) is 4. The molecule has 0 saturated heterocycles. The van der Waals surface area contributed by atoms with Crippen molar-refractivity contribution in [1.82, 2.24) is 15.0 Å². The Morgan fingerprint density at radius 1 is 1.16 bits per heavy atom. The number of hydrogen-bond acceptors (Lipinski definition) is 7. The van der Waals surface area contributed by atoms with E-state index in [-0.39, 0.29) is 0 Å². The molecule has 0 aromatic carbocycles. The average molecular weight is 376 g/mol. The maximum Gasteiger partial charge on any atom is 0.143 e. The van der Waals surface area contributed by atoms with Gasteiger partial charge < -0.3 is 15.0 Å². The van der Waals surface area contributed by atoms with Gasteiger partial charge in [-0.3, -0.25) is 0 Å². The van der Waals surface area contributed by atoms with Crippen molar-refractivity contribution in [3.8, 4) is 10.7 Å². The summed E-state index contributed by atoms with van der Waals surface area (Å²) in [5.41, 5.74) is 1.81. The summed E-state index contributed by atoms with van der Waals surface area (Å²) in [7, 11) is 3.70. The highest BCUT2D eigenvalue weighted by Gasteiger charge is 2.07. The standard InChI is InChI=1S/C17H18ClN5OS/c1-23(8-9-24-2)12-6-7-15(19-10-12)22-16-5-3-4-13(21-16)17-20-11-14(18)25-17/h3-7,10-11H,8-9H2,1-2H3,(H,19,21,22). The fourth-order valence-electron chi connectivity index (χ4n) is 2.17. The largest absolute Gasteiger partial charge is 0.383 e. The number of pyridine rings is 2. The Hall–Kier alpha value is -2.22. The van der Waals surface area contributed by atoms with Crippen LogP contribution >= 0.6 is 22.9 Å². The van der Waals surface area contributed by atoms with Gasteiger partial charge in [0.15, 0.2) is 0 Å². The first-order chi connectivity index (χ1) is 12.2. The van der Waals surface area contributed by atoms with Crippen molar-refractivity contribution in [2.24, 2.45) is 0 Å². The molecule has 0 amide bonds. The predicted octanol–water partition coefficient (Wildman–Crippen LogP) is 4.08. The van der Waals surface area contributed by atoms with Crippen LogP contribution in [-0.4, -0.2) is 42.3 Å². The molecule has 3 rings (SSSR count). The number of ether oxygens (including phenoxy) is 1. The van der Waals surface area contributed by atoms with Crippen molar-refractivity contribution in [1.29, 1.82) is 0 Å². The summed E-state index contributed by atoms with van der Waals surface area (Å²) in [6.07, 6.45) is 3.45. The molecular formula is C17H18ClN5OS. The Morgan fingerprint density at radius 2 is 2.04 bits per heavy atom. The second-order valence-corrected chi connectivity index (χ2v) is 6.98. The van der Waals surface area contributed by atoms with Crippen molar-refractivity contribution < 1.29 is 4.74 Å². The minimum absolute atomic E-state index is 0.644. The smallest absolute Gasteiger partial charge is 0.143 e. The van der Waals surface area contributed by atoms with Crippen molar-refractivity contribution in [2.45, 2.75) is 0 Å². The van der Waals surface area contributed by atoms with Crippen LogP contribution in [0.1, 0.15) is 0 Å². The number of nitrogens with one attached hydrogen (secondary N) is 1. The van der Waals surface area contributed by atoms with Gasteiger partial charge in [0, 0.05) is 20.7 Å². The van der Waals surface area contributed by atoms with Crippen LogP contribution in [0.25, 0.3) is 10.7 Å². The molecule has 0 fully saturated rings. The fourth-order valence-corrected chi connectivity index (χ4v) is 3.05. The molecule has 0 saturated carbocycles. The average Bonchev–Trinajstić information content (AvgIpc) is 3.07. The molecule has 0 aliphatic heterocycles. The van der Waals surface area contributed by atoms with Gasteiger partial charge in [-0.1, -0.05) is 17.7 Å². The number of halogens is 1. The maximum absolute atomic E-state index is 5.94. The molecule has 1 N–H and O–H groups in total. The molecule has 0 spiro atoms. The van der Waals surface area contributed by atoms with E-state index < -0.39 is 0 Å². The van der Waals surface area contributed by atoms with Gasteiger partial charge in [-0.15, -0.1) is 11.3 Å². The third-order valence-corrected chi connectivity index (χ3v) is 4.66. The molecule has 3 aromatic rings. The van der Waals surface area contributed by atoms with Crippen LogP contribution < -0.4 is 10.2 Å². The highest BCUT2D eigenvalue weighted by Crippen LogP contribution is 2.27. The highest BCUT2D eigenvalue weighted by molar-refractivity contribution is 7.18. The zero-order chi connectivity index (χ0) is 17.6. The molecule has 3 aromatic heterocycles. The molecule has 0 aliphatic carbocycles. The van der Waals surface area contributed by atoms with E-state index in [0.717, 1.165) is 28.8 Å². The van der Waals surface area contributed by atoms with E-state index in [1.54, 1.807) is 13.3 Å². The van der Waals surface area contributed by atoms with Gasteiger partial charge in [0.25, 0.3) is 0 Å². The first kappa shape index (κ1) is 17.6. The quantitative estimate of drug-likeness (QED) is 0.671. The van der Waals surface area contributed by atoms with Crippen LogP contribution in [-0.2, 0) is 4.74 Å². The van der Waals surface area contributed by atoms with Crippen molar-refractivity contribution in [3.05, 3.63) is 47.1 Å². The van der Waals surface area contributed by atoms with Crippen LogP contribution in [0.2, 0.25) is 4.34 Å². The minimum Gasteiger partial charge on any atom is -0.383 e. The lowest BCUT2D eigenvalue weighted by molar-refractivity contribution is 0.206. The van der Waals surface area contributed by atoms with Crippen LogP contribution in [0.3, 0.4) is 0 Å². The van der Waals surface area contributed by atoms with E-state index in [1.807, 2.05) is 43.6 Å². The lowest BCUT2D eigenvalue weighted by Crippen LogP contribution is -2.22. The molecule has 130 valence electrons. The van der Waals surface area contributed by atoms with Gasteiger partial charge in [0.05, 0.1) is 24.7 Å². The van der Waals surface area contributed by atoms with E-state index in [4.69, 9.17) is 16.3 Å². The summed E-state index contributed by atoms with van der Waals surface area (Å²) >= 11 is 7.34. The normalized spacial score (nSPS) is 10.7. The summed E-state index contributed by atoms with van der Waals surface area (Å²) in [4.78, 5) is 15.3. The molecule has 0 atom stereocenters. The Morgan fingerprint density at radius 3 is 2.72 bits per heavy atom. The molecule has 0 aliphatic rings. The monoisotopic (exact) mass is 375 g/mol. The topological polar surface area (TPSA) is 63.2 Å². The summed E-state index contributed by atoms with van der Waals surface area (Å²) in [5, 5.41) is 4.00. The Labute approximate surface area is 155 Å². The zero-order valence-corrected chi connectivity index (χ0v) is 15.5. The second kappa shape index (κ2) is 8.24. The Balaban J connectivity index is 1.70. The molecule has 0 radical (unpaired) electrons. The highest BCUT2D eigenvalue weighted by atomic mass is 35.5. The first-order valence-electron chi connectivity index (χ1n) is 7.67. The van der Waals surface area contributed by atoms with Crippen molar-refractivity contribution >= 4 is 40.3 Å². The number of methoxy groups -OCH3 is 1. The number of anilines is 3. The van der Waals surface area contributed by atoms with Gasteiger partial charge >= 0.3 is 0 Å². The van der Waals surface area contributed by atoms with Crippen LogP contribution in [0, 0.1) is 0 Å². The van der Waals surface area contributed by atoms with Crippen LogP contribution in [0.15, 0.2) is 42.7 Å². The summed E-state index contributed by atoms with van der Waals surface area (Å²) in [5.74, 6) is 1.43. The van der Waals surface area contributed by atoms with E-state index in [0.29, 0.717) is 16.8 Å². The lowest BCUT2D eigenvalue weighted by Gasteiger charge is -2.18. The van der Waals surface area contributed by atoms with E-state index in [1.165, 1.54) is 11.3 Å². The number of hydrogen-bond donors (Lipinski definition) is 1. The second-order valence-electron chi connectivity index (χ2n) is 5.32. The number of rotatable bonds is 7.